The topological polar surface area (TPSA) is 37.8 Å². The number of hydrogen-bond acceptors (Lipinski definition) is 4. The molecule has 1 aromatic carbocycles. The van der Waals surface area contributed by atoms with Crippen molar-refractivity contribution in [3.8, 4) is 0 Å². The van der Waals surface area contributed by atoms with Crippen LogP contribution in [0.25, 0.3) is 0 Å². The average Bonchev–Trinajstić information content (AvgIpc) is 2.78. The molecule has 2 aromatic rings. The van der Waals surface area contributed by atoms with Crippen molar-refractivity contribution in [2.24, 2.45) is 0 Å². The van der Waals surface area contributed by atoms with Crippen molar-refractivity contribution in [1.29, 1.82) is 0 Å². The molecule has 0 aliphatic carbocycles. The predicted molar refractivity (Wildman–Crippen MR) is 71.1 cm³/mol. The first-order chi connectivity index (χ1) is 9.11. The van der Waals surface area contributed by atoms with Gasteiger partial charge in [-0.15, -0.1) is 5.10 Å². The zero-order chi connectivity index (χ0) is 13.8. The van der Waals surface area contributed by atoms with E-state index in [2.05, 4.69) is 14.9 Å². The van der Waals surface area contributed by atoms with Gasteiger partial charge in [0.15, 0.2) is 0 Å². The molecule has 2 rings (SSSR count). The largest absolute Gasteiger partial charge is 0.309 e. The summed E-state index contributed by atoms with van der Waals surface area (Å²) in [7, 11) is 0. The van der Waals surface area contributed by atoms with E-state index >= 15 is 0 Å². The smallest absolute Gasteiger partial charge is 0.129 e. The fourth-order valence-corrected chi connectivity index (χ4v) is 2.69. The SMILES string of the molecule is CCNC(Cc1ccc(F)cc1F)c1snnc1C. The summed E-state index contributed by atoms with van der Waals surface area (Å²) in [6.45, 7) is 4.62. The maximum Gasteiger partial charge on any atom is 0.129 e. The van der Waals surface area contributed by atoms with Crippen LogP contribution >= 0.6 is 11.5 Å². The summed E-state index contributed by atoms with van der Waals surface area (Å²) >= 11 is 1.31. The van der Waals surface area contributed by atoms with Gasteiger partial charge < -0.3 is 5.32 Å². The van der Waals surface area contributed by atoms with Crippen molar-refractivity contribution in [3.05, 3.63) is 46.0 Å². The number of nitrogens with one attached hydrogen (secondary N) is 1. The van der Waals surface area contributed by atoms with Gasteiger partial charge in [-0.3, -0.25) is 0 Å². The second kappa shape index (κ2) is 6.16. The van der Waals surface area contributed by atoms with Gasteiger partial charge in [-0.2, -0.15) is 0 Å². The minimum atomic E-state index is -0.558. The first-order valence-corrected chi connectivity index (χ1v) is 6.85. The van der Waals surface area contributed by atoms with Crippen molar-refractivity contribution >= 4 is 11.5 Å². The summed E-state index contributed by atoms with van der Waals surface area (Å²) in [5.74, 6) is -1.07. The molecule has 0 aliphatic heterocycles. The van der Waals surface area contributed by atoms with E-state index in [1.54, 1.807) is 0 Å². The zero-order valence-electron chi connectivity index (χ0n) is 10.8. The molecule has 0 aliphatic rings. The molecule has 0 radical (unpaired) electrons. The van der Waals surface area contributed by atoms with E-state index in [0.717, 1.165) is 23.2 Å². The van der Waals surface area contributed by atoms with Gasteiger partial charge in [-0.05, 0) is 43.1 Å². The molecule has 6 heteroatoms. The fourth-order valence-electron chi connectivity index (χ4n) is 1.97. The highest BCUT2D eigenvalue weighted by Crippen LogP contribution is 2.25. The van der Waals surface area contributed by atoms with Crippen LogP contribution in [-0.2, 0) is 6.42 Å². The lowest BCUT2D eigenvalue weighted by Gasteiger charge is -2.17. The van der Waals surface area contributed by atoms with Crippen LogP contribution < -0.4 is 5.32 Å². The van der Waals surface area contributed by atoms with Crippen molar-refractivity contribution in [2.45, 2.75) is 26.3 Å². The zero-order valence-corrected chi connectivity index (χ0v) is 11.6. The molecule has 102 valence electrons. The van der Waals surface area contributed by atoms with Crippen molar-refractivity contribution in [1.82, 2.24) is 14.9 Å². The number of hydrogen-bond donors (Lipinski definition) is 1. The van der Waals surface area contributed by atoms with Crippen molar-refractivity contribution in [3.63, 3.8) is 0 Å². The summed E-state index contributed by atoms with van der Waals surface area (Å²) in [5.41, 5.74) is 1.33. The normalized spacial score (nSPS) is 12.6. The van der Waals surface area contributed by atoms with Crippen LogP contribution in [0, 0.1) is 18.6 Å². The summed E-state index contributed by atoms with van der Waals surface area (Å²) in [5, 5.41) is 7.26. The maximum atomic E-state index is 13.7. The number of halogens is 2. The maximum absolute atomic E-state index is 13.7. The molecule has 0 saturated heterocycles. The molecule has 1 unspecified atom stereocenters. The number of benzene rings is 1. The Bertz CT molecular complexity index is 557. The van der Waals surface area contributed by atoms with Crippen LogP contribution in [-0.4, -0.2) is 16.1 Å². The van der Waals surface area contributed by atoms with Gasteiger partial charge in [0.1, 0.15) is 11.6 Å². The van der Waals surface area contributed by atoms with Gasteiger partial charge in [-0.1, -0.05) is 17.5 Å². The van der Waals surface area contributed by atoms with E-state index in [0.29, 0.717) is 12.0 Å². The third kappa shape index (κ3) is 3.33. The Morgan fingerprint density at radius 2 is 2.16 bits per heavy atom. The Balaban J connectivity index is 2.24. The molecule has 1 atom stereocenters. The van der Waals surface area contributed by atoms with Crippen molar-refractivity contribution in [2.75, 3.05) is 6.54 Å². The molecule has 0 fully saturated rings. The van der Waals surface area contributed by atoms with Crippen LogP contribution in [0.15, 0.2) is 18.2 Å². The molecule has 0 bridgehead atoms. The summed E-state index contributed by atoms with van der Waals surface area (Å²) in [6, 6.07) is 3.62. The Morgan fingerprint density at radius 3 is 2.74 bits per heavy atom. The van der Waals surface area contributed by atoms with Gasteiger partial charge in [0.05, 0.1) is 10.6 Å². The summed E-state index contributed by atoms with van der Waals surface area (Å²) in [6.07, 6.45) is 0.449. The summed E-state index contributed by atoms with van der Waals surface area (Å²) < 4.78 is 30.5. The Morgan fingerprint density at radius 1 is 1.37 bits per heavy atom. The van der Waals surface area contributed by atoms with Gasteiger partial charge >= 0.3 is 0 Å². The third-order valence-corrected chi connectivity index (χ3v) is 3.83. The third-order valence-electron chi connectivity index (χ3n) is 2.89. The molecule has 19 heavy (non-hydrogen) atoms. The van der Waals surface area contributed by atoms with Crippen molar-refractivity contribution < 1.29 is 8.78 Å². The highest BCUT2D eigenvalue weighted by molar-refractivity contribution is 7.05. The van der Waals surface area contributed by atoms with E-state index in [4.69, 9.17) is 0 Å². The predicted octanol–water partition coefficient (Wildman–Crippen LogP) is 3.02. The molecule has 0 amide bonds. The Hall–Kier alpha value is -1.40. The Kier molecular flexibility index (Phi) is 4.55. The van der Waals surface area contributed by atoms with E-state index in [1.807, 2.05) is 13.8 Å². The first kappa shape index (κ1) is 14.0. The van der Waals surface area contributed by atoms with Crippen LogP contribution in [0.1, 0.15) is 29.1 Å². The first-order valence-electron chi connectivity index (χ1n) is 6.08. The fraction of sp³-hybridized carbons (Fsp3) is 0.385. The van der Waals surface area contributed by atoms with E-state index in [-0.39, 0.29) is 6.04 Å². The standard InChI is InChI=1S/C13H15F2N3S/c1-3-16-12(13-8(2)17-18-19-13)6-9-4-5-10(14)7-11(9)15/h4-5,7,12,16H,3,6H2,1-2H3. The minimum Gasteiger partial charge on any atom is -0.309 e. The van der Waals surface area contributed by atoms with Gasteiger partial charge in [0, 0.05) is 12.1 Å². The Labute approximate surface area is 114 Å². The molecular weight excluding hydrogens is 268 g/mol. The second-order valence-electron chi connectivity index (χ2n) is 4.27. The van der Waals surface area contributed by atoms with Gasteiger partial charge in [0.2, 0.25) is 0 Å². The number of nitrogens with zero attached hydrogens (tertiary/aromatic N) is 2. The average molecular weight is 283 g/mol. The lowest BCUT2D eigenvalue weighted by Crippen LogP contribution is -2.23. The molecule has 1 N–H and O–H groups in total. The van der Waals surface area contributed by atoms with E-state index in [1.165, 1.54) is 23.7 Å². The number of rotatable bonds is 5. The summed E-state index contributed by atoms with van der Waals surface area (Å²) in [4.78, 5) is 0.991. The molecule has 1 heterocycles. The number of likely N-dealkylation sites (N-methyl/N-ethyl adjacent to an activating group) is 1. The lowest BCUT2D eigenvalue weighted by molar-refractivity contribution is 0.524. The molecular formula is C13H15F2N3S. The minimum absolute atomic E-state index is 0.0510. The van der Waals surface area contributed by atoms with Gasteiger partial charge in [0.25, 0.3) is 0 Å². The lowest BCUT2D eigenvalue weighted by atomic mass is 10.0. The molecule has 0 saturated carbocycles. The number of aryl methyl sites for hydroxylation is 1. The quantitative estimate of drug-likeness (QED) is 0.916. The molecule has 0 spiro atoms. The highest BCUT2D eigenvalue weighted by atomic mass is 32.1. The van der Waals surface area contributed by atoms with E-state index in [9.17, 15) is 8.78 Å². The monoisotopic (exact) mass is 283 g/mol. The van der Waals surface area contributed by atoms with Crippen LogP contribution in [0.5, 0.6) is 0 Å². The second-order valence-corrected chi connectivity index (χ2v) is 5.06. The number of aromatic nitrogens is 2. The molecule has 1 aromatic heterocycles. The van der Waals surface area contributed by atoms with E-state index < -0.39 is 11.6 Å². The van der Waals surface area contributed by atoms with Gasteiger partial charge in [-0.25, -0.2) is 8.78 Å². The highest BCUT2D eigenvalue weighted by Gasteiger charge is 2.18. The molecule has 3 nitrogen and oxygen atoms in total. The van der Waals surface area contributed by atoms with Crippen LogP contribution in [0.2, 0.25) is 0 Å². The van der Waals surface area contributed by atoms with Crippen LogP contribution in [0.4, 0.5) is 8.78 Å². The van der Waals surface area contributed by atoms with Crippen LogP contribution in [0.3, 0.4) is 0 Å².